The van der Waals surface area contributed by atoms with Crippen LogP contribution in [0, 0.1) is 17.1 Å². The molecule has 1 aromatic heterocycles. The fraction of sp³-hybridized carbons (Fsp3) is 0.409. The summed E-state index contributed by atoms with van der Waals surface area (Å²) in [6.45, 7) is 1.35. The van der Waals surface area contributed by atoms with E-state index in [1.54, 1.807) is 19.2 Å². The van der Waals surface area contributed by atoms with Crippen molar-refractivity contribution in [2.75, 3.05) is 44.9 Å². The predicted octanol–water partition coefficient (Wildman–Crippen LogP) is 1.10. The number of nitrogens with zero attached hydrogens (tertiary/aromatic N) is 4. The normalized spacial score (nSPS) is 13.7. The minimum atomic E-state index is -0.698. The zero-order valence-corrected chi connectivity index (χ0v) is 18.7. The second-order valence-electron chi connectivity index (χ2n) is 7.73. The van der Waals surface area contributed by atoms with Gasteiger partial charge >= 0.3 is 5.97 Å². The first-order valence-corrected chi connectivity index (χ1v) is 10.5. The summed E-state index contributed by atoms with van der Waals surface area (Å²) in [5, 5.41) is 20.4. The molecule has 0 radical (unpaired) electrons. The van der Waals surface area contributed by atoms with Crippen LogP contribution in [0.15, 0.2) is 35.7 Å². The van der Waals surface area contributed by atoms with Gasteiger partial charge in [0.1, 0.15) is 31.3 Å². The summed E-state index contributed by atoms with van der Waals surface area (Å²) in [5.41, 5.74) is 6.93. The van der Waals surface area contributed by atoms with E-state index in [1.165, 1.54) is 18.5 Å². The molecule has 0 saturated carbocycles. The summed E-state index contributed by atoms with van der Waals surface area (Å²) >= 11 is 0. The molecule has 182 valence electrons. The highest BCUT2D eigenvalue weighted by Gasteiger charge is 2.25. The lowest BCUT2D eigenvalue weighted by Gasteiger charge is -2.32. The molecule has 1 aromatic carbocycles. The highest BCUT2D eigenvalue weighted by atomic mass is 19.1. The second kappa shape index (κ2) is 12.0. The Morgan fingerprint density at radius 2 is 2.06 bits per heavy atom. The van der Waals surface area contributed by atoms with Gasteiger partial charge in [-0.3, -0.25) is 10.2 Å². The van der Waals surface area contributed by atoms with Crippen LogP contribution in [0.25, 0.3) is 11.1 Å². The topological polar surface area (TPSA) is 156 Å². The average Bonchev–Trinajstić information content (AvgIpc) is 2.79. The molecule has 1 aliphatic rings. The van der Waals surface area contributed by atoms with Gasteiger partial charge in [-0.1, -0.05) is 23.4 Å². The Morgan fingerprint density at radius 1 is 1.32 bits per heavy atom. The zero-order valence-electron chi connectivity index (χ0n) is 18.7. The van der Waals surface area contributed by atoms with Crippen molar-refractivity contribution >= 4 is 23.5 Å². The average molecular weight is 474 g/mol. The van der Waals surface area contributed by atoms with Crippen molar-refractivity contribution in [1.82, 2.24) is 9.97 Å². The molecule has 2 heterocycles. The highest BCUT2D eigenvalue weighted by Crippen LogP contribution is 2.26. The molecular formula is C22H27FN6O5. The number of methoxy groups -OCH3 is 1. The molecule has 1 aliphatic heterocycles. The summed E-state index contributed by atoms with van der Waals surface area (Å²) in [4.78, 5) is 27.3. The van der Waals surface area contributed by atoms with Gasteiger partial charge in [-0.05, 0) is 0 Å². The molecule has 1 unspecified atom stereocenters. The van der Waals surface area contributed by atoms with Gasteiger partial charge in [-0.15, -0.1) is 0 Å². The Kier molecular flexibility index (Phi) is 8.82. The molecule has 1 fully saturated rings. The Hall–Kier alpha value is -3.64. The van der Waals surface area contributed by atoms with E-state index in [0.29, 0.717) is 31.2 Å². The van der Waals surface area contributed by atoms with Crippen molar-refractivity contribution in [3.63, 3.8) is 0 Å². The lowest BCUT2D eigenvalue weighted by molar-refractivity contribution is -0.143. The third-order valence-corrected chi connectivity index (χ3v) is 4.95. The van der Waals surface area contributed by atoms with Crippen LogP contribution < -0.4 is 10.6 Å². The van der Waals surface area contributed by atoms with Crippen LogP contribution in [0.5, 0.6) is 0 Å². The molecule has 0 spiro atoms. The largest absolute Gasteiger partial charge is 0.460 e. The fourth-order valence-corrected chi connectivity index (χ4v) is 3.12. The number of esters is 1. The maximum atomic E-state index is 14.9. The number of benzene rings is 1. The van der Waals surface area contributed by atoms with E-state index in [0.717, 1.165) is 5.71 Å². The third-order valence-electron chi connectivity index (χ3n) is 4.95. The number of ether oxygens (including phenoxy) is 2. The van der Waals surface area contributed by atoms with Crippen LogP contribution in [0.1, 0.15) is 12.0 Å². The van der Waals surface area contributed by atoms with Crippen molar-refractivity contribution in [1.29, 1.82) is 5.41 Å². The molecule has 2 aromatic rings. The Morgan fingerprint density at radius 3 is 2.71 bits per heavy atom. The first kappa shape index (κ1) is 25.0. The van der Waals surface area contributed by atoms with E-state index >= 15 is 0 Å². The monoisotopic (exact) mass is 474 g/mol. The van der Waals surface area contributed by atoms with E-state index < -0.39 is 11.8 Å². The summed E-state index contributed by atoms with van der Waals surface area (Å²) < 4.78 is 24.9. The first-order valence-electron chi connectivity index (χ1n) is 10.5. The van der Waals surface area contributed by atoms with Gasteiger partial charge in [-0.25, -0.2) is 14.4 Å². The Balaban J connectivity index is 1.55. The van der Waals surface area contributed by atoms with Crippen molar-refractivity contribution in [2.24, 2.45) is 16.8 Å². The molecule has 12 heteroatoms. The van der Waals surface area contributed by atoms with E-state index in [9.17, 15) is 14.3 Å². The number of anilines is 1. The van der Waals surface area contributed by atoms with Crippen molar-refractivity contribution in [2.45, 2.75) is 13.0 Å². The van der Waals surface area contributed by atoms with Crippen LogP contribution in [-0.4, -0.2) is 72.6 Å². The number of aliphatic hydroxyl groups is 1. The number of carbonyl (C=O) groups excluding carboxylic acids is 1. The molecular weight excluding hydrogens is 447 g/mol. The number of aromatic nitrogens is 2. The number of nitrogens with two attached hydrogens (primary N) is 1. The van der Waals surface area contributed by atoms with Gasteiger partial charge in [0.15, 0.2) is 0 Å². The Labute approximate surface area is 195 Å². The van der Waals surface area contributed by atoms with Crippen LogP contribution in [0.4, 0.5) is 10.3 Å². The molecule has 11 nitrogen and oxygen atoms in total. The van der Waals surface area contributed by atoms with Crippen molar-refractivity contribution < 1.29 is 28.6 Å². The third kappa shape index (κ3) is 6.68. The number of halogens is 1. The number of nitrogens with one attached hydrogen (secondary N) is 1. The van der Waals surface area contributed by atoms with Gasteiger partial charge < -0.3 is 30.1 Å². The molecule has 1 atom stereocenters. The predicted molar refractivity (Wildman–Crippen MR) is 122 cm³/mol. The summed E-state index contributed by atoms with van der Waals surface area (Å²) in [5.74, 6) is -1.21. The number of hydrogen-bond acceptors (Lipinski definition) is 10. The lowest BCUT2D eigenvalue weighted by atomic mass is 10.1. The minimum Gasteiger partial charge on any atom is -0.460 e. The zero-order chi connectivity index (χ0) is 24.5. The first-order chi connectivity index (χ1) is 16.4. The van der Waals surface area contributed by atoms with E-state index in [2.05, 4.69) is 15.1 Å². The standard InChI is InChI=1S/C22H27FN6O5/c1-32-11-14(10-30)12-34-28-17-8-29(9-17)22-26-6-16(7-27-22)18-4-2-3-15(21(18)23)13-33-20(31)5-19(24)25/h2-4,6-7,14,30H,5,8-13H2,1H3,(H3,24,25). The van der Waals surface area contributed by atoms with Gasteiger partial charge in [0.2, 0.25) is 5.95 Å². The van der Waals surface area contributed by atoms with Crippen LogP contribution in [0.3, 0.4) is 0 Å². The van der Waals surface area contributed by atoms with Crippen molar-refractivity contribution in [3.05, 3.63) is 42.0 Å². The molecule has 0 aliphatic carbocycles. The van der Waals surface area contributed by atoms with Gasteiger partial charge in [0, 0.05) is 42.1 Å². The number of carbonyl (C=O) groups is 1. The van der Waals surface area contributed by atoms with E-state index in [1.807, 2.05) is 4.90 Å². The maximum absolute atomic E-state index is 14.9. The number of oxime groups is 1. The second-order valence-corrected chi connectivity index (χ2v) is 7.73. The van der Waals surface area contributed by atoms with Crippen LogP contribution in [-0.2, 0) is 25.7 Å². The summed E-state index contributed by atoms with van der Waals surface area (Å²) in [6, 6.07) is 4.74. The highest BCUT2D eigenvalue weighted by molar-refractivity contribution is 5.98. The Bertz CT molecular complexity index is 1020. The number of aliphatic hydroxyl groups excluding tert-OH is 1. The van der Waals surface area contributed by atoms with Gasteiger partial charge in [0.05, 0.1) is 32.0 Å². The minimum absolute atomic E-state index is 0.0421. The molecule has 4 N–H and O–H groups in total. The number of hydrogen-bond donors (Lipinski definition) is 3. The fourth-order valence-electron chi connectivity index (χ4n) is 3.12. The quantitative estimate of drug-likeness (QED) is 0.177. The SMILES string of the molecule is COCC(CO)CON=C1CN(c2ncc(-c3cccc(COC(=O)CC(=N)N)c3F)cn2)C1. The summed E-state index contributed by atoms with van der Waals surface area (Å²) in [7, 11) is 1.56. The van der Waals surface area contributed by atoms with Crippen molar-refractivity contribution in [3.8, 4) is 11.1 Å². The molecule has 3 rings (SSSR count). The molecule has 34 heavy (non-hydrogen) atoms. The number of rotatable bonds is 12. The molecule has 1 saturated heterocycles. The molecule has 0 amide bonds. The lowest BCUT2D eigenvalue weighted by Crippen LogP contribution is -2.48. The van der Waals surface area contributed by atoms with Gasteiger partial charge in [-0.2, -0.15) is 0 Å². The maximum Gasteiger partial charge on any atom is 0.313 e. The van der Waals surface area contributed by atoms with E-state index in [4.69, 9.17) is 25.5 Å². The van der Waals surface area contributed by atoms with Crippen LogP contribution >= 0.6 is 0 Å². The number of amidine groups is 1. The van der Waals surface area contributed by atoms with E-state index in [-0.39, 0.29) is 49.1 Å². The molecule has 0 bridgehead atoms. The smallest absolute Gasteiger partial charge is 0.313 e. The van der Waals surface area contributed by atoms with Gasteiger partial charge in [0.25, 0.3) is 0 Å². The van der Waals surface area contributed by atoms with Crippen LogP contribution in [0.2, 0.25) is 0 Å². The summed E-state index contributed by atoms with van der Waals surface area (Å²) in [6.07, 6.45) is 2.70.